The molecule has 7 N–H and O–H groups in total. The Morgan fingerprint density at radius 3 is 2.51 bits per heavy atom. The first-order valence-corrected chi connectivity index (χ1v) is 12.4. The fourth-order valence-electron chi connectivity index (χ4n) is 3.96. The van der Waals surface area contributed by atoms with Crippen LogP contribution in [0, 0.1) is 6.92 Å². The van der Waals surface area contributed by atoms with Gasteiger partial charge >= 0.3 is 6.03 Å². The van der Waals surface area contributed by atoms with Gasteiger partial charge in [-0.15, -0.1) is 0 Å². The molecule has 0 aliphatic rings. The number of urea groups is 1. The van der Waals surface area contributed by atoms with E-state index in [1.54, 1.807) is 12.1 Å². The highest BCUT2D eigenvalue weighted by Gasteiger charge is 2.10. The quantitative estimate of drug-likeness (QED) is 0.187. The van der Waals surface area contributed by atoms with E-state index in [2.05, 4.69) is 16.7 Å². The number of aromatic hydroxyl groups is 1. The topological polar surface area (TPSA) is 137 Å². The van der Waals surface area contributed by atoms with E-state index >= 15 is 0 Å². The number of nitrogens with one attached hydrogen (secondary N) is 2. The Balaban J connectivity index is 1.44. The summed E-state index contributed by atoms with van der Waals surface area (Å²) >= 11 is 0. The Bertz CT molecular complexity index is 906. The first kappa shape index (κ1) is 28.6. The van der Waals surface area contributed by atoms with Crippen molar-refractivity contribution < 1.29 is 24.9 Å². The number of anilines is 1. The molecule has 0 bridgehead atoms. The molecule has 0 aliphatic heterocycles. The van der Waals surface area contributed by atoms with Gasteiger partial charge < -0.3 is 36.4 Å². The normalized spacial score (nSPS) is 12.0. The summed E-state index contributed by atoms with van der Waals surface area (Å²) in [5.41, 5.74) is 9.32. The highest BCUT2D eigenvalue weighted by Crippen LogP contribution is 2.22. The molecule has 0 saturated carbocycles. The van der Waals surface area contributed by atoms with Crippen molar-refractivity contribution in [3.63, 3.8) is 0 Å². The maximum atomic E-state index is 11.0. The molecular weight excluding hydrogens is 446 g/mol. The van der Waals surface area contributed by atoms with Gasteiger partial charge in [0.15, 0.2) is 0 Å². The number of nitrogens with two attached hydrogens (primary N) is 1. The number of ether oxygens (including phenoxy) is 1. The van der Waals surface area contributed by atoms with Gasteiger partial charge in [0, 0.05) is 31.0 Å². The number of amides is 2. The molecule has 0 unspecified atom stereocenters. The molecule has 0 aromatic heterocycles. The lowest BCUT2D eigenvalue weighted by molar-refractivity contribution is 0.126. The van der Waals surface area contributed by atoms with Gasteiger partial charge in [-0.25, -0.2) is 4.79 Å². The summed E-state index contributed by atoms with van der Waals surface area (Å²) in [5, 5.41) is 35.0. The first-order chi connectivity index (χ1) is 16.9. The van der Waals surface area contributed by atoms with Crippen LogP contribution in [-0.4, -0.2) is 47.7 Å². The molecule has 2 aromatic rings. The van der Waals surface area contributed by atoms with Gasteiger partial charge in [-0.1, -0.05) is 25.0 Å². The van der Waals surface area contributed by atoms with Crippen molar-refractivity contribution in [2.45, 2.75) is 64.6 Å². The van der Waals surface area contributed by atoms with E-state index in [9.17, 15) is 20.1 Å². The minimum atomic E-state index is -0.672. The monoisotopic (exact) mass is 487 g/mol. The van der Waals surface area contributed by atoms with E-state index in [4.69, 9.17) is 10.5 Å². The van der Waals surface area contributed by atoms with Crippen LogP contribution < -0.4 is 16.4 Å². The maximum absolute atomic E-state index is 11.0. The number of hydrogen-bond donors (Lipinski definition) is 6. The van der Waals surface area contributed by atoms with E-state index in [1.165, 1.54) is 11.6 Å². The lowest BCUT2D eigenvalue weighted by Gasteiger charge is -2.14. The lowest BCUT2D eigenvalue weighted by atomic mass is 10.0. The number of unbranched alkanes of at least 4 members (excludes halogenated alkanes) is 4. The Labute approximate surface area is 208 Å². The maximum Gasteiger partial charge on any atom is 0.316 e. The van der Waals surface area contributed by atoms with Crippen LogP contribution in [0.5, 0.6) is 5.75 Å². The third-order valence-electron chi connectivity index (χ3n) is 5.80. The fraction of sp³-hybridized carbons (Fsp3) is 0.519. The summed E-state index contributed by atoms with van der Waals surface area (Å²) in [6.45, 7) is 4.55. The second kappa shape index (κ2) is 16.1. The van der Waals surface area contributed by atoms with Gasteiger partial charge in [-0.2, -0.15) is 0 Å². The van der Waals surface area contributed by atoms with Crippen LogP contribution in [-0.2, 0) is 17.8 Å². The predicted octanol–water partition coefficient (Wildman–Crippen LogP) is 3.91. The van der Waals surface area contributed by atoms with Gasteiger partial charge in [0.05, 0.1) is 12.7 Å². The fourth-order valence-corrected chi connectivity index (χ4v) is 3.96. The van der Waals surface area contributed by atoms with Crippen LogP contribution in [0.2, 0.25) is 0 Å². The molecule has 8 nitrogen and oxygen atoms in total. The van der Waals surface area contributed by atoms with Crippen molar-refractivity contribution >= 4 is 11.7 Å². The molecule has 1 atom stereocenters. The smallest absolute Gasteiger partial charge is 0.316 e. The summed E-state index contributed by atoms with van der Waals surface area (Å²) < 4.78 is 5.75. The summed E-state index contributed by atoms with van der Waals surface area (Å²) in [4.78, 5) is 11.0. The van der Waals surface area contributed by atoms with Crippen LogP contribution in [0.4, 0.5) is 10.5 Å². The molecule has 8 heteroatoms. The number of phenols is 1. The zero-order valence-corrected chi connectivity index (χ0v) is 20.8. The van der Waals surface area contributed by atoms with Gasteiger partial charge in [0.1, 0.15) is 5.75 Å². The van der Waals surface area contributed by atoms with E-state index in [0.717, 1.165) is 76.0 Å². The summed E-state index contributed by atoms with van der Waals surface area (Å²) in [7, 11) is 0. The highest BCUT2D eigenvalue weighted by molar-refractivity contribution is 5.87. The van der Waals surface area contributed by atoms with Crippen molar-refractivity contribution in [1.29, 1.82) is 0 Å². The van der Waals surface area contributed by atoms with E-state index in [0.29, 0.717) is 17.7 Å². The Morgan fingerprint density at radius 2 is 1.77 bits per heavy atom. The van der Waals surface area contributed by atoms with Crippen molar-refractivity contribution in [3.05, 3.63) is 58.7 Å². The van der Waals surface area contributed by atoms with Crippen LogP contribution in [0.15, 0.2) is 36.4 Å². The Hall–Kier alpha value is -2.65. The average molecular weight is 488 g/mol. The number of aliphatic hydroxyl groups is 2. The second-order valence-electron chi connectivity index (χ2n) is 8.95. The molecule has 0 aliphatic carbocycles. The first-order valence-electron chi connectivity index (χ1n) is 12.4. The number of benzene rings is 2. The zero-order chi connectivity index (χ0) is 25.5. The number of aliphatic hydroxyl groups excluding tert-OH is 2. The van der Waals surface area contributed by atoms with Crippen molar-refractivity contribution in [3.8, 4) is 5.75 Å². The molecule has 0 radical (unpaired) electrons. The minimum Gasteiger partial charge on any atom is -0.508 e. The van der Waals surface area contributed by atoms with Crippen LogP contribution in [0.1, 0.15) is 66.9 Å². The molecule has 0 saturated heterocycles. The number of rotatable bonds is 17. The number of carbonyl (C=O) groups excluding carboxylic acids is 1. The highest BCUT2D eigenvalue weighted by atomic mass is 16.5. The van der Waals surface area contributed by atoms with E-state index in [-0.39, 0.29) is 12.4 Å². The van der Waals surface area contributed by atoms with E-state index in [1.807, 2.05) is 19.1 Å². The molecular formula is C27H41N3O5. The zero-order valence-electron chi connectivity index (χ0n) is 20.8. The second-order valence-corrected chi connectivity index (χ2v) is 8.95. The van der Waals surface area contributed by atoms with Crippen LogP contribution in [0.3, 0.4) is 0 Å². The largest absolute Gasteiger partial charge is 0.508 e. The van der Waals surface area contributed by atoms with Crippen molar-refractivity contribution in [2.75, 3.05) is 31.6 Å². The molecule has 0 spiro atoms. The van der Waals surface area contributed by atoms with Gasteiger partial charge in [-0.05, 0) is 86.5 Å². The van der Waals surface area contributed by atoms with Gasteiger partial charge in [0.25, 0.3) is 0 Å². The predicted molar refractivity (Wildman–Crippen MR) is 138 cm³/mol. The SMILES string of the molecule is Cc1cc(CCCCOCCCCCCNC[C@@H](O)c2ccc(O)c(CO)c2)cc(NC(N)=O)c1. The van der Waals surface area contributed by atoms with Gasteiger partial charge in [0.2, 0.25) is 0 Å². The molecule has 35 heavy (non-hydrogen) atoms. The molecule has 0 heterocycles. The van der Waals surface area contributed by atoms with Crippen molar-refractivity contribution in [2.24, 2.45) is 5.73 Å². The Kier molecular flexibility index (Phi) is 13.2. The Morgan fingerprint density at radius 1 is 1.03 bits per heavy atom. The number of primary amides is 1. The average Bonchev–Trinajstić information content (AvgIpc) is 2.81. The van der Waals surface area contributed by atoms with E-state index < -0.39 is 12.1 Å². The minimum absolute atomic E-state index is 0.0391. The van der Waals surface area contributed by atoms with Crippen molar-refractivity contribution in [1.82, 2.24) is 5.32 Å². The summed E-state index contributed by atoms with van der Waals surface area (Å²) in [5.74, 6) is 0.0391. The van der Waals surface area contributed by atoms with Gasteiger partial charge in [-0.3, -0.25) is 0 Å². The standard InChI is InChI=1S/C27H41N3O5/c1-20-14-21(16-24(15-20)30-27(28)34)8-4-7-13-35-12-6-3-2-5-11-29-18-26(33)22-9-10-25(32)23(17-22)19-31/h9-10,14-17,26,29,31-33H,2-8,11-13,18-19H2,1H3,(H3,28,30,34)/t26-/m1/s1. The number of hydrogen-bond acceptors (Lipinski definition) is 6. The number of carbonyl (C=O) groups is 1. The molecule has 194 valence electrons. The summed E-state index contributed by atoms with van der Waals surface area (Å²) in [6, 6.07) is 10.2. The molecule has 2 amide bonds. The third-order valence-corrected chi connectivity index (χ3v) is 5.80. The molecule has 2 aromatic carbocycles. The lowest BCUT2D eigenvalue weighted by Crippen LogP contribution is -2.22. The van der Waals surface area contributed by atoms with Crippen LogP contribution in [0.25, 0.3) is 0 Å². The molecule has 0 fully saturated rings. The van der Waals surface area contributed by atoms with Crippen LogP contribution >= 0.6 is 0 Å². The number of aryl methyl sites for hydroxylation is 2. The summed E-state index contributed by atoms with van der Waals surface area (Å²) in [6.07, 6.45) is 6.59. The molecule has 2 rings (SSSR count). The third kappa shape index (κ3) is 11.6.